The number of carbonyl (C=O) groups excluding carboxylic acids is 1. The summed E-state index contributed by atoms with van der Waals surface area (Å²) in [5, 5.41) is 6.09. The Kier molecular flexibility index (Phi) is 3.80. The summed E-state index contributed by atoms with van der Waals surface area (Å²) in [5.74, 6) is 0.967. The first kappa shape index (κ1) is 11.7. The van der Waals surface area contributed by atoms with Crippen LogP contribution in [0.2, 0.25) is 0 Å². The number of aromatic nitrogens is 1. The van der Waals surface area contributed by atoms with E-state index in [9.17, 15) is 4.79 Å². The number of hydrogen-bond donors (Lipinski definition) is 2. The van der Waals surface area contributed by atoms with Crippen LogP contribution in [0.1, 0.15) is 12.8 Å². The van der Waals surface area contributed by atoms with Crippen molar-refractivity contribution in [2.75, 3.05) is 37.3 Å². The molecule has 1 aliphatic rings. The molecule has 2 rings (SSSR count). The Morgan fingerprint density at radius 3 is 2.94 bits per heavy atom. The van der Waals surface area contributed by atoms with Crippen LogP contribution in [0.5, 0.6) is 0 Å². The highest BCUT2D eigenvalue weighted by molar-refractivity contribution is 5.81. The third kappa shape index (κ3) is 3.09. The molecule has 0 radical (unpaired) electrons. The molecule has 0 aromatic carbocycles. The van der Waals surface area contributed by atoms with Gasteiger partial charge in [0.05, 0.1) is 6.54 Å². The lowest BCUT2D eigenvalue weighted by Gasteiger charge is -2.16. The SMILES string of the molecule is CNc1cc(NCC(=O)N2CCCC2)ccn1. The molecule has 0 unspecified atom stereocenters. The Balaban J connectivity index is 1.86. The van der Waals surface area contributed by atoms with E-state index in [0.29, 0.717) is 6.54 Å². The summed E-state index contributed by atoms with van der Waals surface area (Å²) in [4.78, 5) is 17.8. The largest absolute Gasteiger partial charge is 0.376 e. The molecule has 17 heavy (non-hydrogen) atoms. The molecule has 5 nitrogen and oxygen atoms in total. The van der Waals surface area contributed by atoms with Gasteiger partial charge in [0, 0.05) is 38.1 Å². The number of carbonyl (C=O) groups is 1. The second kappa shape index (κ2) is 5.52. The molecule has 0 atom stereocenters. The van der Waals surface area contributed by atoms with Crippen LogP contribution in [-0.2, 0) is 4.79 Å². The second-order valence-corrected chi connectivity index (χ2v) is 4.12. The molecule has 2 N–H and O–H groups in total. The van der Waals surface area contributed by atoms with Crippen molar-refractivity contribution in [3.05, 3.63) is 18.3 Å². The van der Waals surface area contributed by atoms with Gasteiger partial charge in [0.25, 0.3) is 0 Å². The Hall–Kier alpha value is -1.78. The van der Waals surface area contributed by atoms with Crippen LogP contribution in [0.4, 0.5) is 11.5 Å². The van der Waals surface area contributed by atoms with Gasteiger partial charge in [0.1, 0.15) is 5.82 Å². The standard InChI is InChI=1S/C12H18N4O/c1-13-11-8-10(4-5-14-11)15-9-12(17)16-6-2-3-7-16/h4-5,8H,2-3,6-7,9H2,1H3,(H2,13,14,15). The van der Waals surface area contributed by atoms with Crippen LogP contribution in [-0.4, -0.2) is 42.5 Å². The minimum atomic E-state index is 0.172. The van der Waals surface area contributed by atoms with Crippen LogP contribution in [0.25, 0.3) is 0 Å². The minimum absolute atomic E-state index is 0.172. The van der Waals surface area contributed by atoms with Gasteiger partial charge in [-0.2, -0.15) is 0 Å². The molecule has 5 heteroatoms. The maximum Gasteiger partial charge on any atom is 0.241 e. The fourth-order valence-electron chi connectivity index (χ4n) is 1.93. The first-order chi connectivity index (χ1) is 8.29. The average Bonchev–Trinajstić information content (AvgIpc) is 2.90. The first-order valence-corrected chi connectivity index (χ1v) is 5.95. The zero-order valence-electron chi connectivity index (χ0n) is 10.1. The van der Waals surface area contributed by atoms with Crippen LogP contribution in [0.3, 0.4) is 0 Å². The predicted octanol–water partition coefficient (Wildman–Crippen LogP) is 1.16. The second-order valence-electron chi connectivity index (χ2n) is 4.12. The van der Waals surface area contributed by atoms with Crippen molar-refractivity contribution in [3.8, 4) is 0 Å². The molecule has 0 bridgehead atoms. The lowest BCUT2D eigenvalue weighted by molar-refractivity contribution is -0.128. The van der Waals surface area contributed by atoms with E-state index in [1.54, 1.807) is 6.20 Å². The fourth-order valence-corrected chi connectivity index (χ4v) is 1.93. The minimum Gasteiger partial charge on any atom is -0.376 e. The summed E-state index contributed by atoms with van der Waals surface area (Å²) in [5.41, 5.74) is 0.914. The van der Waals surface area contributed by atoms with Gasteiger partial charge in [0.2, 0.25) is 5.91 Å². The summed E-state index contributed by atoms with van der Waals surface area (Å²) < 4.78 is 0. The van der Waals surface area contributed by atoms with Crippen LogP contribution < -0.4 is 10.6 Å². The lowest BCUT2D eigenvalue weighted by atomic mass is 10.3. The van der Waals surface area contributed by atoms with E-state index in [4.69, 9.17) is 0 Å². The number of rotatable bonds is 4. The van der Waals surface area contributed by atoms with Crippen LogP contribution in [0.15, 0.2) is 18.3 Å². The molecule has 0 spiro atoms. The highest BCUT2D eigenvalue weighted by Crippen LogP contribution is 2.12. The van der Waals surface area contributed by atoms with Gasteiger partial charge in [-0.1, -0.05) is 0 Å². The number of nitrogens with zero attached hydrogens (tertiary/aromatic N) is 2. The highest BCUT2D eigenvalue weighted by atomic mass is 16.2. The van der Waals surface area contributed by atoms with E-state index in [2.05, 4.69) is 15.6 Å². The fraction of sp³-hybridized carbons (Fsp3) is 0.500. The van der Waals surface area contributed by atoms with Gasteiger partial charge in [-0.3, -0.25) is 4.79 Å². The molecule has 1 fully saturated rings. The maximum absolute atomic E-state index is 11.8. The molecule has 92 valence electrons. The maximum atomic E-state index is 11.8. The Morgan fingerprint density at radius 1 is 1.47 bits per heavy atom. The Labute approximate surface area is 101 Å². The highest BCUT2D eigenvalue weighted by Gasteiger charge is 2.17. The van der Waals surface area contributed by atoms with Crippen molar-refractivity contribution >= 4 is 17.4 Å². The van der Waals surface area contributed by atoms with Crippen molar-refractivity contribution in [2.24, 2.45) is 0 Å². The summed E-state index contributed by atoms with van der Waals surface area (Å²) in [7, 11) is 1.82. The Bertz CT molecular complexity index is 388. The van der Waals surface area contributed by atoms with E-state index in [1.165, 1.54) is 0 Å². The van der Waals surface area contributed by atoms with E-state index in [-0.39, 0.29) is 5.91 Å². The van der Waals surface area contributed by atoms with Gasteiger partial charge in [0.15, 0.2) is 0 Å². The molecular formula is C12H18N4O. The van der Waals surface area contributed by atoms with Crippen LogP contribution in [0, 0.1) is 0 Å². The number of anilines is 2. The molecule has 1 aromatic heterocycles. The van der Waals surface area contributed by atoms with Crippen molar-refractivity contribution in [2.45, 2.75) is 12.8 Å². The van der Waals surface area contributed by atoms with E-state index in [1.807, 2.05) is 24.1 Å². The molecule has 0 aliphatic carbocycles. The number of likely N-dealkylation sites (tertiary alicyclic amines) is 1. The smallest absolute Gasteiger partial charge is 0.241 e. The average molecular weight is 234 g/mol. The van der Waals surface area contributed by atoms with Gasteiger partial charge >= 0.3 is 0 Å². The van der Waals surface area contributed by atoms with Crippen LogP contribution >= 0.6 is 0 Å². The zero-order valence-corrected chi connectivity index (χ0v) is 10.1. The predicted molar refractivity (Wildman–Crippen MR) is 68.1 cm³/mol. The van der Waals surface area contributed by atoms with E-state index >= 15 is 0 Å². The monoisotopic (exact) mass is 234 g/mol. The molecular weight excluding hydrogens is 216 g/mol. The van der Waals surface area contributed by atoms with Crippen molar-refractivity contribution < 1.29 is 4.79 Å². The summed E-state index contributed by atoms with van der Waals surface area (Å²) in [6.45, 7) is 2.16. The summed E-state index contributed by atoms with van der Waals surface area (Å²) >= 11 is 0. The Morgan fingerprint density at radius 2 is 2.24 bits per heavy atom. The summed E-state index contributed by atoms with van der Waals surface area (Å²) in [6, 6.07) is 3.75. The van der Waals surface area contributed by atoms with Gasteiger partial charge < -0.3 is 15.5 Å². The quantitative estimate of drug-likeness (QED) is 0.820. The van der Waals surface area contributed by atoms with E-state index in [0.717, 1.165) is 37.4 Å². The summed E-state index contributed by atoms with van der Waals surface area (Å²) in [6.07, 6.45) is 3.98. The third-order valence-corrected chi connectivity index (χ3v) is 2.92. The molecule has 0 saturated carbocycles. The number of pyridine rings is 1. The first-order valence-electron chi connectivity index (χ1n) is 5.95. The van der Waals surface area contributed by atoms with E-state index < -0.39 is 0 Å². The molecule has 1 aromatic rings. The van der Waals surface area contributed by atoms with Crippen molar-refractivity contribution in [3.63, 3.8) is 0 Å². The molecule has 1 amide bonds. The number of amides is 1. The lowest BCUT2D eigenvalue weighted by Crippen LogP contribution is -2.32. The van der Waals surface area contributed by atoms with Crippen molar-refractivity contribution in [1.82, 2.24) is 9.88 Å². The molecule has 1 saturated heterocycles. The van der Waals surface area contributed by atoms with Gasteiger partial charge in [-0.05, 0) is 18.9 Å². The molecule has 1 aliphatic heterocycles. The zero-order chi connectivity index (χ0) is 12.1. The topological polar surface area (TPSA) is 57.3 Å². The van der Waals surface area contributed by atoms with Crippen molar-refractivity contribution in [1.29, 1.82) is 0 Å². The van der Waals surface area contributed by atoms with Gasteiger partial charge in [-0.15, -0.1) is 0 Å². The molecule has 2 heterocycles. The number of nitrogens with one attached hydrogen (secondary N) is 2. The number of hydrogen-bond acceptors (Lipinski definition) is 4. The third-order valence-electron chi connectivity index (χ3n) is 2.92. The normalized spacial score (nSPS) is 14.8. The van der Waals surface area contributed by atoms with Gasteiger partial charge in [-0.25, -0.2) is 4.98 Å².